The Hall–Kier alpha value is -0.540. The molecule has 1 amide bonds. The molecule has 1 fully saturated rings. The maximum absolute atomic E-state index is 11.0. The van der Waals surface area contributed by atoms with Crippen LogP contribution in [-0.4, -0.2) is 63.2 Å². The summed E-state index contributed by atoms with van der Waals surface area (Å²) in [6.07, 6.45) is -4.33. The smallest absolute Gasteiger partial charge is 0.350 e. The summed E-state index contributed by atoms with van der Waals surface area (Å²) in [4.78, 5) is 28.3. The van der Waals surface area contributed by atoms with E-state index in [1.54, 1.807) is 0 Å². The zero-order valence-electron chi connectivity index (χ0n) is 9.47. The van der Waals surface area contributed by atoms with Crippen molar-refractivity contribution in [2.24, 2.45) is 5.73 Å². The van der Waals surface area contributed by atoms with Gasteiger partial charge in [-0.15, -0.1) is 0 Å². The molecule has 1 aliphatic carbocycles. The number of carbonyl (C=O) groups excluding carboxylic acids is 1. The first kappa shape index (κ1) is 15.5. The Morgan fingerprint density at radius 3 is 2.50 bits per heavy atom. The fourth-order valence-electron chi connectivity index (χ4n) is 1.76. The number of carbonyl (C=O) groups is 1. The lowest BCUT2D eigenvalue weighted by molar-refractivity contribution is -0.121. The Morgan fingerprint density at radius 1 is 1.39 bits per heavy atom. The van der Waals surface area contributed by atoms with E-state index in [0.717, 1.165) is 0 Å². The van der Waals surface area contributed by atoms with Crippen LogP contribution in [0.1, 0.15) is 6.42 Å². The maximum Gasteiger partial charge on any atom is 0.350 e. The van der Waals surface area contributed by atoms with Gasteiger partial charge in [-0.2, -0.15) is 0 Å². The fourth-order valence-corrected chi connectivity index (χ4v) is 2.14. The molecule has 7 N–H and O–H groups in total. The van der Waals surface area contributed by atoms with Gasteiger partial charge in [-0.3, -0.25) is 9.36 Å². The number of ether oxygens (including phenoxy) is 1. The first-order valence-electron chi connectivity index (χ1n) is 5.26. The molecule has 0 radical (unpaired) electrons. The Morgan fingerprint density at radius 2 is 2.00 bits per heavy atom. The van der Waals surface area contributed by atoms with Crippen LogP contribution in [0.2, 0.25) is 0 Å². The lowest BCUT2D eigenvalue weighted by Gasteiger charge is -2.17. The van der Waals surface area contributed by atoms with Crippen molar-refractivity contribution in [3.8, 4) is 0 Å². The highest BCUT2D eigenvalue weighted by molar-refractivity contribution is 7.51. The standard InChI is InChI=1S/C8H17N2O7P/c9-2-6(11)10-4-1-5(8(13)7(4)12)17-3-18(14,15)16/h4-5,7-8,12-13H,1-3,9H2,(H,10,11)(H2,14,15,16)/t4-,5+,7+,8-/m1/s1. The third-order valence-corrected chi connectivity index (χ3v) is 3.10. The zero-order valence-corrected chi connectivity index (χ0v) is 10.4. The molecular weight excluding hydrogens is 267 g/mol. The van der Waals surface area contributed by atoms with Crippen LogP contribution in [0.4, 0.5) is 0 Å². The summed E-state index contributed by atoms with van der Waals surface area (Å²) in [7, 11) is -4.34. The summed E-state index contributed by atoms with van der Waals surface area (Å²) in [6.45, 7) is -0.257. The first-order chi connectivity index (χ1) is 8.24. The normalized spacial score (nSPS) is 32.5. The molecule has 0 spiro atoms. The number of hydrogen-bond donors (Lipinski definition) is 6. The molecule has 0 bridgehead atoms. The van der Waals surface area contributed by atoms with E-state index < -0.39 is 44.2 Å². The molecule has 0 aromatic carbocycles. The average molecular weight is 284 g/mol. The van der Waals surface area contributed by atoms with Crippen molar-refractivity contribution in [2.45, 2.75) is 30.8 Å². The maximum atomic E-state index is 11.0. The van der Waals surface area contributed by atoms with Gasteiger partial charge in [-0.1, -0.05) is 0 Å². The molecule has 4 atom stereocenters. The second kappa shape index (κ2) is 6.07. The summed E-state index contributed by atoms with van der Waals surface area (Å²) in [6, 6.07) is -0.752. The minimum absolute atomic E-state index is 0.0497. The van der Waals surface area contributed by atoms with Crippen molar-refractivity contribution in [3.63, 3.8) is 0 Å². The van der Waals surface area contributed by atoms with Gasteiger partial charge < -0.3 is 35.8 Å². The van der Waals surface area contributed by atoms with Crippen LogP contribution < -0.4 is 11.1 Å². The third kappa shape index (κ3) is 4.29. The number of aliphatic hydroxyl groups excluding tert-OH is 2. The molecule has 0 saturated heterocycles. The van der Waals surface area contributed by atoms with Gasteiger partial charge in [0.05, 0.1) is 18.7 Å². The third-order valence-electron chi connectivity index (χ3n) is 2.62. The number of nitrogens with two attached hydrogens (primary N) is 1. The number of aliphatic hydroxyl groups is 2. The van der Waals surface area contributed by atoms with Crippen molar-refractivity contribution in [3.05, 3.63) is 0 Å². The molecule has 0 unspecified atom stereocenters. The van der Waals surface area contributed by atoms with Gasteiger partial charge in [-0.25, -0.2) is 0 Å². The molecule has 1 saturated carbocycles. The van der Waals surface area contributed by atoms with Gasteiger partial charge in [0.2, 0.25) is 5.91 Å². The van der Waals surface area contributed by atoms with E-state index in [9.17, 15) is 19.6 Å². The first-order valence-corrected chi connectivity index (χ1v) is 7.06. The molecular formula is C8H17N2O7P. The average Bonchev–Trinajstić information content (AvgIpc) is 2.53. The second-order valence-electron chi connectivity index (χ2n) is 4.09. The molecule has 106 valence electrons. The summed E-state index contributed by atoms with van der Waals surface area (Å²) in [5, 5.41) is 21.6. The van der Waals surface area contributed by atoms with E-state index in [1.807, 2.05) is 0 Å². The van der Waals surface area contributed by atoms with Gasteiger partial charge in [0.15, 0.2) is 0 Å². The number of hydrogen-bond acceptors (Lipinski definition) is 6. The molecule has 1 aliphatic rings. The quantitative estimate of drug-likeness (QED) is 0.292. The highest BCUT2D eigenvalue weighted by atomic mass is 31.2. The molecule has 0 heterocycles. The molecule has 0 aromatic rings. The number of amides is 1. The van der Waals surface area contributed by atoms with Crippen LogP contribution in [0.5, 0.6) is 0 Å². The second-order valence-corrected chi connectivity index (χ2v) is 5.68. The Balaban J connectivity index is 2.53. The Bertz CT molecular complexity index is 346. The van der Waals surface area contributed by atoms with E-state index in [4.69, 9.17) is 20.3 Å². The van der Waals surface area contributed by atoms with Crippen molar-refractivity contribution in [2.75, 3.05) is 12.9 Å². The minimum atomic E-state index is -4.34. The molecule has 18 heavy (non-hydrogen) atoms. The van der Waals surface area contributed by atoms with Crippen LogP contribution in [0.15, 0.2) is 0 Å². The van der Waals surface area contributed by atoms with Gasteiger partial charge >= 0.3 is 7.60 Å². The van der Waals surface area contributed by atoms with Crippen molar-refractivity contribution < 1.29 is 34.1 Å². The number of rotatable bonds is 5. The van der Waals surface area contributed by atoms with E-state index in [0.29, 0.717) is 0 Å². The van der Waals surface area contributed by atoms with Crippen LogP contribution in [-0.2, 0) is 14.1 Å². The Labute approximate surface area is 103 Å². The van der Waals surface area contributed by atoms with Gasteiger partial charge in [0.25, 0.3) is 0 Å². The molecule has 0 aromatic heterocycles. The lowest BCUT2D eigenvalue weighted by Crippen LogP contribution is -2.45. The minimum Gasteiger partial charge on any atom is -0.388 e. The predicted octanol–water partition coefficient (Wildman–Crippen LogP) is -2.92. The summed E-state index contributed by atoms with van der Waals surface area (Å²) >= 11 is 0. The van der Waals surface area contributed by atoms with E-state index in [-0.39, 0.29) is 13.0 Å². The van der Waals surface area contributed by atoms with E-state index in [2.05, 4.69) is 5.32 Å². The summed E-state index contributed by atoms with van der Waals surface area (Å²) in [5.74, 6) is -0.498. The summed E-state index contributed by atoms with van der Waals surface area (Å²) < 4.78 is 15.5. The van der Waals surface area contributed by atoms with Crippen LogP contribution >= 0.6 is 7.60 Å². The van der Waals surface area contributed by atoms with Crippen LogP contribution in [0, 0.1) is 0 Å². The fraction of sp³-hybridized carbons (Fsp3) is 0.875. The SMILES string of the molecule is NCC(=O)N[C@@H]1C[C@H](OCP(=O)(O)O)[C@@H](O)[C@H]1O. The van der Waals surface area contributed by atoms with E-state index >= 15 is 0 Å². The molecule has 9 nitrogen and oxygen atoms in total. The van der Waals surface area contributed by atoms with Crippen molar-refractivity contribution in [1.29, 1.82) is 0 Å². The Kier molecular flexibility index (Phi) is 5.23. The number of nitrogens with one attached hydrogen (secondary N) is 1. The highest BCUT2D eigenvalue weighted by Crippen LogP contribution is 2.36. The van der Waals surface area contributed by atoms with E-state index in [1.165, 1.54) is 0 Å². The van der Waals surface area contributed by atoms with Crippen molar-refractivity contribution >= 4 is 13.5 Å². The van der Waals surface area contributed by atoms with Gasteiger partial charge in [0.1, 0.15) is 18.6 Å². The monoisotopic (exact) mass is 284 g/mol. The summed E-state index contributed by atoms with van der Waals surface area (Å²) in [5.41, 5.74) is 5.09. The van der Waals surface area contributed by atoms with Crippen molar-refractivity contribution in [1.82, 2.24) is 5.32 Å². The molecule has 0 aliphatic heterocycles. The van der Waals surface area contributed by atoms with Crippen LogP contribution in [0.25, 0.3) is 0 Å². The molecule has 1 rings (SSSR count). The topological polar surface area (TPSA) is 162 Å². The highest BCUT2D eigenvalue weighted by Gasteiger charge is 2.43. The molecule has 10 heteroatoms. The lowest BCUT2D eigenvalue weighted by atomic mass is 10.2. The van der Waals surface area contributed by atoms with Gasteiger partial charge in [0, 0.05) is 0 Å². The predicted molar refractivity (Wildman–Crippen MR) is 59.4 cm³/mol. The van der Waals surface area contributed by atoms with Crippen LogP contribution in [0.3, 0.4) is 0 Å². The largest absolute Gasteiger partial charge is 0.388 e. The van der Waals surface area contributed by atoms with Gasteiger partial charge in [-0.05, 0) is 6.42 Å². The zero-order chi connectivity index (χ0) is 13.9.